The van der Waals surface area contributed by atoms with E-state index in [4.69, 9.17) is 5.53 Å². The molecule has 1 rings (SSSR count). The monoisotopic (exact) mass is 288 g/mol. The summed E-state index contributed by atoms with van der Waals surface area (Å²) in [4.78, 5) is 14.1. The van der Waals surface area contributed by atoms with E-state index in [1.54, 1.807) is 0 Å². The number of allylic oxidation sites excluding steroid dienone is 5. The second-order valence-corrected chi connectivity index (χ2v) is 5.03. The Morgan fingerprint density at radius 1 is 1.14 bits per heavy atom. The van der Waals surface area contributed by atoms with Gasteiger partial charge < -0.3 is 5.32 Å². The fourth-order valence-electron chi connectivity index (χ4n) is 1.73. The third kappa shape index (κ3) is 11.5. The fraction of sp³-hybridized carbons (Fsp3) is 0.562. The number of rotatable bonds is 11. The van der Waals surface area contributed by atoms with Crippen molar-refractivity contribution in [1.29, 1.82) is 0 Å². The van der Waals surface area contributed by atoms with Crippen LogP contribution in [-0.2, 0) is 4.79 Å². The van der Waals surface area contributed by atoms with Crippen LogP contribution in [0.5, 0.6) is 0 Å². The summed E-state index contributed by atoms with van der Waals surface area (Å²) in [6.45, 7) is 0.415. The lowest BCUT2D eigenvalue weighted by Crippen LogP contribution is -2.24. The van der Waals surface area contributed by atoms with E-state index in [1.165, 1.54) is 0 Å². The molecule has 0 unspecified atom stereocenters. The van der Waals surface area contributed by atoms with Crippen molar-refractivity contribution in [2.24, 2.45) is 5.11 Å². The second kappa shape index (κ2) is 11.8. The molecule has 0 saturated heterocycles. The molecule has 0 spiro atoms. The SMILES string of the molecule is [N-]=[N+]=NC/C=C\C/C=C\C/C=C\CCCC(=O)NC1CC1. The van der Waals surface area contributed by atoms with Gasteiger partial charge in [0.25, 0.3) is 0 Å². The summed E-state index contributed by atoms with van der Waals surface area (Å²) >= 11 is 0. The lowest BCUT2D eigenvalue weighted by molar-refractivity contribution is -0.121. The topological polar surface area (TPSA) is 77.9 Å². The van der Waals surface area contributed by atoms with Crippen LogP contribution in [0.3, 0.4) is 0 Å². The van der Waals surface area contributed by atoms with E-state index in [2.05, 4.69) is 39.6 Å². The first-order chi connectivity index (χ1) is 10.3. The highest BCUT2D eigenvalue weighted by molar-refractivity contribution is 5.76. The van der Waals surface area contributed by atoms with Crippen LogP contribution in [0.1, 0.15) is 44.9 Å². The predicted octanol–water partition coefficient (Wildman–Crippen LogP) is 4.19. The van der Waals surface area contributed by atoms with E-state index in [0.717, 1.165) is 38.5 Å². The quantitative estimate of drug-likeness (QED) is 0.200. The molecule has 5 heteroatoms. The van der Waals surface area contributed by atoms with Gasteiger partial charge in [-0.2, -0.15) is 0 Å². The molecule has 1 fully saturated rings. The molecule has 1 aliphatic rings. The van der Waals surface area contributed by atoms with Crippen LogP contribution in [0.25, 0.3) is 10.4 Å². The van der Waals surface area contributed by atoms with Crippen molar-refractivity contribution >= 4 is 5.91 Å². The molecule has 1 saturated carbocycles. The summed E-state index contributed by atoms with van der Waals surface area (Å²) < 4.78 is 0. The molecular weight excluding hydrogens is 264 g/mol. The van der Waals surface area contributed by atoms with Crippen molar-refractivity contribution in [3.05, 3.63) is 46.9 Å². The number of hydrogen-bond donors (Lipinski definition) is 1. The number of carbonyl (C=O) groups excluding carboxylic acids is 1. The van der Waals surface area contributed by atoms with E-state index in [-0.39, 0.29) is 5.91 Å². The maximum absolute atomic E-state index is 11.4. The van der Waals surface area contributed by atoms with Crippen LogP contribution in [0.4, 0.5) is 0 Å². The summed E-state index contributed by atoms with van der Waals surface area (Å²) in [6, 6.07) is 0.471. The van der Waals surface area contributed by atoms with Gasteiger partial charge in [0.2, 0.25) is 5.91 Å². The largest absolute Gasteiger partial charge is 0.353 e. The molecule has 0 heterocycles. The maximum Gasteiger partial charge on any atom is 0.220 e. The molecule has 1 amide bonds. The van der Waals surface area contributed by atoms with Crippen LogP contribution < -0.4 is 5.32 Å². The molecule has 21 heavy (non-hydrogen) atoms. The minimum absolute atomic E-state index is 0.193. The number of nitrogens with one attached hydrogen (secondary N) is 1. The average molecular weight is 288 g/mol. The Hall–Kier alpha value is -2.00. The van der Waals surface area contributed by atoms with Crippen LogP contribution in [0.2, 0.25) is 0 Å². The van der Waals surface area contributed by atoms with Crippen LogP contribution >= 0.6 is 0 Å². The molecule has 1 aliphatic carbocycles. The normalized spacial score (nSPS) is 14.9. The third-order valence-electron chi connectivity index (χ3n) is 3.01. The van der Waals surface area contributed by atoms with Gasteiger partial charge in [0.05, 0.1) is 0 Å². The number of unbranched alkanes of at least 4 members (excludes halogenated alkanes) is 1. The summed E-state index contributed by atoms with van der Waals surface area (Å²) in [6.07, 6.45) is 18.9. The van der Waals surface area contributed by atoms with Gasteiger partial charge in [0.1, 0.15) is 0 Å². The molecular formula is C16H24N4O. The number of hydrogen-bond acceptors (Lipinski definition) is 2. The molecule has 5 nitrogen and oxygen atoms in total. The van der Waals surface area contributed by atoms with Gasteiger partial charge >= 0.3 is 0 Å². The number of carbonyl (C=O) groups is 1. The minimum Gasteiger partial charge on any atom is -0.353 e. The molecule has 0 bridgehead atoms. The number of azide groups is 1. The first kappa shape index (κ1) is 17.1. The minimum atomic E-state index is 0.193. The van der Waals surface area contributed by atoms with Gasteiger partial charge in [-0.25, -0.2) is 0 Å². The molecule has 1 N–H and O–H groups in total. The van der Waals surface area contributed by atoms with Crippen LogP contribution in [0, 0.1) is 0 Å². The van der Waals surface area contributed by atoms with Gasteiger partial charge in [-0.05, 0) is 44.1 Å². The highest BCUT2D eigenvalue weighted by Crippen LogP contribution is 2.18. The third-order valence-corrected chi connectivity index (χ3v) is 3.01. The van der Waals surface area contributed by atoms with Crippen molar-refractivity contribution < 1.29 is 4.79 Å². The molecule has 0 aromatic heterocycles. The van der Waals surface area contributed by atoms with Gasteiger partial charge in [0.15, 0.2) is 0 Å². The van der Waals surface area contributed by atoms with Gasteiger partial charge in [0, 0.05) is 23.9 Å². The first-order valence-corrected chi connectivity index (χ1v) is 7.58. The first-order valence-electron chi connectivity index (χ1n) is 7.58. The van der Waals surface area contributed by atoms with Crippen molar-refractivity contribution in [3.8, 4) is 0 Å². The summed E-state index contributed by atoms with van der Waals surface area (Å²) in [7, 11) is 0. The summed E-state index contributed by atoms with van der Waals surface area (Å²) in [5.74, 6) is 0.193. The lowest BCUT2D eigenvalue weighted by Gasteiger charge is -2.00. The van der Waals surface area contributed by atoms with E-state index in [9.17, 15) is 4.79 Å². The Labute approximate surface area is 126 Å². The predicted molar refractivity (Wildman–Crippen MR) is 85.7 cm³/mol. The number of nitrogens with zero attached hydrogens (tertiary/aromatic N) is 3. The Kier molecular flexibility index (Phi) is 9.58. The van der Waals surface area contributed by atoms with Crippen molar-refractivity contribution in [3.63, 3.8) is 0 Å². The zero-order valence-electron chi connectivity index (χ0n) is 12.4. The van der Waals surface area contributed by atoms with Crippen molar-refractivity contribution in [2.45, 2.75) is 51.0 Å². The summed E-state index contributed by atoms with van der Waals surface area (Å²) in [5.41, 5.74) is 8.08. The Balaban J connectivity index is 1.90. The van der Waals surface area contributed by atoms with Crippen LogP contribution in [-0.4, -0.2) is 18.5 Å². The molecule has 0 radical (unpaired) electrons. The molecule has 0 aromatic carbocycles. The molecule has 114 valence electrons. The van der Waals surface area contributed by atoms with E-state index >= 15 is 0 Å². The Morgan fingerprint density at radius 2 is 1.81 bits per heavy atom. The average Bonchev–Trinajstić information content (AvgIpc) is 3.28. The zero-order chi connectivity index (χ0) is 15.2. The van der Waals surface area contributed by atoms with Gasteiger partial charge in [-0.15, -0.1) is 0 Å². The zero-order valence-corrected chi connectivity index (χ0v) is 12.4. The molecule has 0 aliphatic heterocycles. The van der Waals surface area contributed by atoms with Crippen molar-refractivity contribution in [2.75, 3.05) is 6.54 Å². The Morgan fingerprint density at radius 3 is 2.48 bits per heavy atom. The summed E-state index contributed by atoms with van der Waals surface area (Å²) in [5, 5.41) is 6.40. The Bertz CT molecular complexity index is 430. The molecule has 0 aromatic rings. The van der Waals surface area contributed by atoms with E-state index in [0.29, 0.717) is 19.0 Å². The van der Waals surface area contributed by atoms with E-state index < -0.39 is 0 Å². The van der Waals surface area contributed by atoms with E-state index in [1.807, 2.05) is 12.2 Å². The molecule has 0 atom stereocenters. The van der Waals surface area contributed by atoms with Crippen LogP contribution in [0.15, 0.2) is 41.6 Å². The smallest absolute Gasteiger partial charge is 0.220 e. The standard InChI is InChI=1S/C16H24N4O/c17-20-18-14-10-8-6-4-2-1-3-5-7-9-11-16(21)19-15-12-13-15/h2-5,8,10,15H,1,6-7,9,11-14H2,(H,19,21)/b4-2-,5-3-,10-8-. The highest BCUT2D eigenvalue weighted by Gasteiger charge is 2.22. The second-order valence-electron chi connectivity index (χ2n) is 5.03. The highest BCUT2D eigenvalue weighted by atomic mass is 16.1. The van der Waals surface area contributed by atoms with Gasteiger partial charge in [-0.1, -0.05) is 41.6 Å². The van der Waals surface area contributed by atoms with Gasteiger partial charge in [-0.3, -0.25) is 4.79 Å². The number of amides is 1. The lowest BCUT2D eigenvalue weighted by atomic mass is 10.2. The van der Waals surface area contributed by atoms with Crippen molar-refractivity contribution in [1.82, 2.24) is 5.32 Å². The fourth-order valence-corrected chi connectivity index (χ4v) is 1.73. The maximum atomic E-state index is 11.4.